The average molecular weight is 269 g/mol. The summed E-state index contributed by atoms with van der Waals surface area (Å²) in [4.78, 5) is 22.3. The molecule has 1 aromatic rings. The first-order valence-corrected chi connectivity index (χ1v) is 5.22. The molecule has 0 aliphatic carbocycles. The van der Waals surface area contributed by atoms with E-state index in [0.29, 0.717) is 6.07 Å². The van der Waals surface area contributed by atoms with Crippen LogP contribution in [0.15, 0.2) is 18.2 Å². The van der Waals surface area contributed by atoms with E-state index in [1.165, 1.54) is 0 Å². The second kappa shape index (κ2) is 6.44. The zero-order valence-corrected chi connectivity index (χ0v) is 9.60. The number of nitriles is 1. The Bertz CT molecular complexity index is 539. The smallest absolute Gasteiger partial charge is 0.325 e. The van der Waals surface area contributed by atoms with Crippen LogP contribution in [0, 0.1) is 28.9 Å². The molecule has 0 spiro atoms. The Hall–Kier alpha value is -2.49. The lowest BCUT2D eigenvalue weighted by Crippen LogP contribution is -2.28. The number of hydrogen-bond donors (Lipinski definition) is 1. The summed E-state index contributed by atoms with van der Waals surface area (Å²) in [5.74, 6) is -6.72. The Morgan fingerprint density at radius 3 is 2.58 bits per heavy atom. The summed E-state index contributed by atoms with van der Waals surface area (Å²) in [5, 5.41) is 17.2. The Morgan fingerprint density at radius 2 is 2.05 bits per heavy atom. The molecule has 1 atom stereocenters. The number of hydrogen-bond acceptors (Lipinski definition) is 4. The molecule has 19 heavy (non-hydrogen) atoms. The highest BCUT2D eigenvalue weighted by atomic mass is 19.2. The fourth-order valence-electron chi connectivity index (χ4n) is 1.28. The number of esters is 1. The third-order valence-corrected chi connectivity index (χ3v) is 2.24. The number of carboxylic acids is 1. The SMILES string of the molecule is N#CCCC(C(=O)O)C(=O)Oc1ccc(F)c(F)c1. The van der Waals surface area contributed by atoms with Gasteiger partial charge in [-0.05, 0) is 18.6 Å². The molecule has 7 heteroatoms. The maximum Gasteiger partial charge on any atom is 0.325 e. The van der Waals surface area contributed by atoms with Crippen LogP contribution in [0.5, 0.6) is 5.75 Å². The molecule has 100 valence electrons. The van der Waals surface area contributed by atoms with Gasteiger partial charge in [-0.3, -0.25) is 9.59 Å². The molecule has 0 bridgehead atoms. The first-order valence-electron chi connectivity index (χ1n) is 5.22. The van der Waals surface area contributed by atoms with Crippen LogP contribution in [-0.4, -0.2) is 17.0 Å². The van der Waals surface area contributed by atoms with E-state index in [1.807, 2.05) is 0 Å². The Kier molecular flexibility index (Phi) is 4.94. The molecule has 0 aliphatic heterocycles. The van der Waals surface area contributed by atoms with Gasteiger partial charge in [0.25, 0.3) is 0 Å². The minimum absolute atomic E-state index is 0.135. The van der Waals surface area contributed by atoms with E-state index in [4.69, 9.17) is 10.4 Å². The van der Waals surface area contributed by atoms with Gasteiger partial charge in [-0.25, -0.2) is 8.78 Å². The van der Waals surface area contributed by atoms with Crippen molar-refractivity contribution in [2.45, 2.75) is 12.8 Å². The number of carbonyl (C=O) groups excluding carboxylic acids is 1. The minimum Gasteiger partial charge on any atom is -0.481 e. The summed E-state index contributed by atoms with van der Waals surface area (Å²) in [5.41, 5.74) is 0. The molecule has 0 saturated heterocycles. The lowest BCUT2D eigenvalue weighted by molar-refractivity contribution is -0.153. The van der Waals surface area contributed by atoms with Crippen LogP contribution in [0.2, 0.25) is 0 Å². The van der Waals surface area contributed by atoms with Crippen molar-refractivity contribution in [1.82, 2.24) is 0 Å². The molecule has 1 aromatic carbocycles. The number of benzene rings is 1. The number of aliphatic carboxylic acids is 1. The van der Waals surface area contributed by atoms with Crippen LogP contribution in [0.25, 0.3) is 0 Å². The third-order valence-electron chi connectivity index (χ3n) is 2.24. The summed E-state index contributed by atoms with van der Waals surface area (Å²) in [6.45, 7) is 0. The Balaban J connectivity index is 2.78. The molecule has 0 fully saturated rings. The van der Waals surface area contributed by atoms with Crippen LogP contribution >= 0.6 is 0 Å². The molecule has 0 amide bonds. The zero-order chi connectivity index (χ0) is 14.4. The summed E-state index contributed by atoms with van der Waals surface area (Å²) < 4.78 is 30.1. The van der Waals surface area contributed by atoms with Gasteiger partial charge in [0, 0.05) is 12.5 Å². The molecule has 5 nitrogen and oxygen atoms in total. The largest absolute Gasteiger partial charge is 0.481 e. The van der Waals surface area contributed by atoms with Gasteiger partial charge in [0.05, 0.1) is 6.07 Å². The summed E-state index contributed by atoms with van der Waals surface area (Å²) in [6, 6.07) is 4.10. The van der Waals surface area contributed by atoms with E-state index in [0.717, 1.165) is 12.1 Å². The molecular formula is C12H9F2NO4. The molecule has 1 rings (SSSR count). The number of nitrogens with zero attached hydrogens (tertiary/aromatic N) is 1. The van der Waals surface area contributed by atoms with Crippen molar-refractivity contribution in [2.75, 3.05) is 0 Å². The summed E-state index contributed by atoms with van der Waals surface area (Å²) >= 11 is 0. The van der Waals surface area contributed by atoms with Gasteiger partial charge in [-0.15, -0.1) is 0 Å². The number of rotatable bonds is 5. The maximum absolute atomic E-state index is 12.9. The highest BCUT2D eigenvalue weighted by Gasteiger charge is 2.28. The highest BCUT2D eigenvalue weighted by molar-refractivity contribution is 5.94. The molecule has 0 radical (unpaired) electrons. The van der Waals surface area contributed by atoms with Crippen molar-refractivity contribution >= 4 is 11.9 Å². The van der Waals surface area contributed by atoms with Gasteiger partial charge >= 0.3 is 11.9 Å². The molecule has 0 aromatic heterocycles. The molecular weight excluding hydrogens is 260 g/mol. The second-order valence-corrected chi connectivity index (χ2v) is 3.58. The first kappa shape index (κ1) is 14.6. The van der Waals surface area contributed by atoms with Crippen LogP contribution < -0.4 is 4.74 Å². The molecule has 1 N–H and O–H groups in total. The van der Waals surface area contributed by atoms with E-state index >= 15 is 0 Å². The second-order valence-electron chi connectivity index (χ2n) is 3.58. The normalized spacial score (nSPS) is 11.4. The van der Waals surface area contributed by atoms with Crippen molar-refractivity contribution in [3.05, 3.63) is 29.8 Å². The molecule has 0 saturated carbocycles. The van der Waals surface area contributed by atoms with E-state index in [-0.39, 0.29) is 18.6 Å². The van der Waals surface area contributed by atoms with E-state index in [1.54, 1.807) is 6.07 Å². The van der Waals surface area contributed by atoms with Crippen molar-refractivity contribution in [3.63, 3.8) is 0 Å². The highest BCUT2D eigenvalue weighted by Crippen LogP contribution is 2.18. The predicted octanol–water partition coefficient (Wildman–Crippen LogP) is 1.87. The monoisotopic (exact) mass is 269 g/mol. The van der Waals surface area contributed by atoms with E-state index in [9.17, 15) is 18.4 Å². The summed E-state index contributed by atoms with van der Waals surface area (Å²) in [6.07, 6.45) is -0.349. The van der Waals surface area contributed by atoms with Gasteiger partial charge in [0.15, 0.2) is 17.6 Å². The fraction of sp³-hybridized carbons (Fsp3) is 0.250. The number of carbonyl (C=O) groups is 2. The van der Waals surface area contributed by atoms with Gasteiger partial charge in [-0.2, -0.15) is 5.26 Å². The predicted molar refractivity (Wildman–Crippen MR) is 58.0 cm³/mol. The Morgan fingerprint density at radius 1 is 1.37 bits per heavy atom. The van der Waals surface area contributed by atoms with Crippen molar-refractivity contribution in [1.29, 1.82) is 5.26 Å². The number of carboxylic acid groups (broad SMARTS) is 1. The van der Waals surface area contributed by atoms with E-state index in [2.05, 4.69) is 4.74 Å². The third kappa shape index (κ3) is 4.03. The average Bonchev–Trinajstić information content (AvgIpc) is 2.34. The fourth-order valence-corrected chi connectivity index (χ4v) is 1.28. The first-order chi connectivity index (χ1) is 8.95. The molecule has 0 heterocycles. The summed E-state index contributed by atoms with van der Waals surface area (Å²) in [7, 11) is 0. The Labute approximate surface area is 107 Å². The van der Waals surface area contributed by atoms with Gasteiger partial charge in [0.2, 0.25) is 0 Å². The lowest BCUT2D eigenvalue weighted by atomic mass is 10.0. The van der Waals surface area contributed by atoms with Crippen LogP contribution in [0.3, 0.4) is 0 Å². The van der Waals surface area contributed by atoms with Gasteiger partial charge in [0.1, 0.15) is 5.75 Å². The van der Waals surface area contributed by atoms with Gasteiger partial charge < -0.3 is 9.84 Å². The van der Waals surface area contributed by atoms with Gasteiger partial charge in [-0.1, -0.05) is 0 Å². The molecule has 0 aliphatic rings. The van der Waals surface area contributed by atoms with Crippen molar-refractivity contribution in [2.24, 2.45) is 5.92 Å². The quantitative estimate of drug-likeness (QED) is 0.501. The zero-order valence-electron chi connectivity index (χ0n) is 9.60. The van der Waals surface area contributed by atoms with Crippen LogP contribution in [-0.2, 0) is 9.59 Å². The number of halogens is 2. The standard InChI is InChI=1S/C12H9F2NO4/c13-9-4-3-7(6-10(9)14)19-12(18)8(11(16)17)2-1-5-15/h3-4,6,8H,1-2H2,(H,16,17). The van der Waals surface area contributed by atoms with E-state index < -0.39 is 29.5 Å². The lowest BCUT2D eigenvalue weighted by Gasteiger charge is -2.10. The number of ether oxygens (including phenoxy) is 1. The topological polar surface area (TPSA) is 87.4 Å². The minimum atomic E-state index is -1.52. The van der Waals surface area contributed by atoms with Crippen molar-refractivity contribution < 1.29 is 28.2 Å². The maximum atomic E-state index is 12.9. The van der Waals surface area contributed by atoms with Crippen LogP contribution in [0.1, 0.15) is 12.8 Å². The van der Waals surface area contributed by atoms with Crippen LogP contribution in [0.4, 0.5) is 8.78 Å². The molecule has 1 unspecified atom stereocenters. The van der Waals surface area contributed by atoms with Crippen molar-refractivity contribution in [3.8, 4) is 11.8 Å².